The highest BCUT2D eigenvalue weighted by Crippen LogP contribution is 2.44. The molecule has 3 aromatic rings. The van der Waals surface area contributed by atoms with Crippen molar-refractivity contribution in [1.82, 2.24) is 9.78 Å². The summed E-state index contributed by atoms with van der Waals surface area (Å²) in [6, 6.07) is 4.95. The molecule has 152 valence electrons. The number of halogens is 5. The molecule has 3 heterocycles. The summed E-state index contributed by atoms with van der Waals surface area (Å²) in [7, 11) is 0. The lowest BCUT2D eigenvalue weighted by molar-refractivity contribution is -0.174. The molecule has 4 rings (SSSR count). The van der Waals surface area contributed by atoms with Gasteiger partial charge < -0.3 is 15.1 Å². The van der Waals surface area contributed by atoms with E-state index in [1.165, 1.54) is 18.4 Å². The fraction of sp³-hybridized carbons (Fsp3) is 0.222. The Kier molecular flexibility index (Phi) is 4.95. The van der Waals surface area contributed by atoms with E-state index in [9.17, 15) is 18.0 Å². The summed E-state index contributed by atoms with van der Waals surface area (Å²) < 4.78 is 46.9. The Morgan fingerprint density at radius 1 is 1.31 bits per heavy atom. The minimum Gasteiger partial charge on any atom is -0.467 e. The SMILES string of the molecule is O=C(Nc1cc(Cl)ccc1Cl)c1cnn2c1N[C@H](c1ccco1)C[C@H]2C(F)(F)F. The third-order valence-electron chi connectivity index (χ3n) is 4.55. The van der Waals surface area contributed by atoms with Crippen LogP contribution in [0.15, 0.2) is 47.2 Å². The van der Waals surface area contributed by atoms with Gasteiger partial charge in [-0.2, -0.15) is 18.3 Å². The fourth-order valence-corrected chi connectivity index (χ4v) is 3.52. The number of carbonyl (C=O) groups is 1. The van der Waals surface area contributed by atoms with Gasteiger partial charge in [0.1, 0.15) is 17.1 Å². The molecule has 1 aliphatic rings. The van der Waals surface area contributed by atoms with Crippen LogP contribution in [0.1, 0.15) is 34.6 Å². The molecule has 1 aromatic carbocycles. The minimum absolute atomic E-state index is 0.0596. The Bertz CT molecular complexity index is 1050. The largest absolute Gasteiger partial charge is 0.467 e. The van der Waals surface area contributed by atoms with Crippen LogP contribution in [0.5, 0.6) is 0 Å². The van der Waals surface area contributed by atoms with Crippen LogP contribution in [0.25, 0.3) is 0 Å². The van der Waals surface area contributed by atoms with Crippen molar-refractivity contribution in [3.8, 4) is 0 Å². The number of nitrogens with one attached hydrogen (secondary N) is 2. The van der Waals surface area contributed by atoms with E-state index in [1.54, 1.807) is 18.2 Å². The monoisotopic (exact) mass is 444 g/mol. The van der Waals surface area contributed by atoms with E-state index in [4.69, 9.17) is 27.6 Å². The van der Waals surface area contributed by atoms with Gasteiger partial charge in [-0.15, -0.1) is 0 Å². The predicted octanol–water partition coefficient (Wildman–Crippen LogP) is 5.70. The summed E-state index contributed by atoms with van der Waals surface area (Å²) in [5, 5.41) is 9.87. The molecule has 0 unspecified atom stereocenters. The molecule has 0 aliphatic carbocycles. The number of fused-ring (bicyclic) bond motifs is 1. The molecule has 0 spiro atoms. The zero-order valence-corrected chi connectivity index (χ0v) is 16.0. The van der Waals surface area contributed by atoms with Gasteiger partial charge >= 0.3 is 6.18 Å². The van der Waals surface area contributed by atoms with Crippen molar-refractivity contribution in [1.29, 1.82) is 0 Å². The van der Waals surface area contributed by atoms with Gasteiger partial charge in [-0.3, -0.25) is 4.79 Å². The van der Waals surface area contributed by atoms with Crippen LogP contribution in [0.2, 0.25) is 10.0 Å². The first-order valence-electron chi connectivity index (χ1n) is 8.44. The second-order valence-electron chi connectivity index (χ2n) is 6.44. The number of alkyl halides is 3. The lowest BCUT2D eigenvalue weighted by atomic mass is 10.0. The van der Waals surface area contributed by atoms with Crippen LogP contribution in [0, 0.1) is 0 Å². The van der Waals surface area contributed by atoms with Gasteiger partial charge in [-0.1, -0.05) is 23.2 Å². The number of furan rings is 1. The van der Waals surface area contributed by atoms with E-state index in [2.05, 4.69) is 15.7 Å². The van der Waals surface area contributed by atoms with Crippen LogP contribution in [-0.4, -0.2) is 21.9 Å². The standard InChI is InChI=1S/C18H13Cl2F3N4O2/c19-9-3-4-11(20)12(6-9)26-17(28)10-8-24-27-15(18(21,22)23)7-13(25-16(10)27)14-2-1-5-29-14/h1-6,8,13,15,25H,7H2,(H,26,28)/t13-,15-/m0/s1. The van der Waals surface area contributed by atoms with Gasteiger partial charge in [0.05, 0.1) is 29.2 Å². The van der Waals surface area contributed by atoms with Crippen LogP contribution in [0.4, 0.5) is 24.7 Å². The molecule has 29 heavy (non-hydrogen) atoms. The van der Waals surface area contributed by atoms with Crippen LogP contribution >= 0.6 is 23.2 Å². The first-order chi connectivity index (χ1) is 13.7. The number of nitrogens with zero attached hydrogens (tertiary/aromatic N) is 2. The zero-order chi connectivity index (χ0) is 20.8. The lowest BCUT2D eigenvalue weighted by Crippen LogP contribution is -2.36. The summed E-state index contributed by atoms with van der Waals surface area (Å²) in [4.78, 5) is 12.7. The van der Waals surface area contributed by atoms with Gasteiger partial charge in [-0.05, 0) is 30.3 Å². The predicted molar refractivity (Wildman–Crippen MR) is 101 cm³/mol. The average molecular weight is 445 g/mol. The molecule has 2 N–H and O–H groups in total. The Labute approximate surface area is 172 Å². The average Bonchev–Trinajstić information content (AvgIpc) is 3.32. The molecule has 2 atom stereocenters. The van der Waals surface area contributed by atoms with E-state index in [1.807, 2.05) is 0 Å². The smallest absolute Gasteiger partial charge is 0.410 e. The van der Waals surface area contributed by atoms with Gasteiger partial charge in [0.25, 0.3) is 5.91 Å². The van der Waals surface area contributed by atoms with Crippen LogP contribution in [-0.2, 0) is 0 Å². The van der Waals surface area contributed by atoms with Crippen molar-refractivity contribution < 1.29 is 22.4 Å². The molecule has 1 amide bonds. The number of hydrogen-bond donors (Lipinski definition) is 2. The fourth-order valence-electron chi connectivity index (χ4n) is 3.19. The molecule has 6 nitrogen and oxygen atoms in total. The lowest BCUT2D eigenvalue weighted by Gasteiger charge is -2.32. The van der Waals surface area contributed by atoms with Gasteiger partial charge in [0, 0.05) is 11.4 Å². The first-order valence-corrected chi connectivity index (χ1v) is 9.20. The number of carbonyl (C=O) groups excluding carboxylic acids is 1. The molecular weight excluding hydrogens is 432 g/mol. The van der Waals surface area contributed by atoms with Crippen LogP contribution in [0.3, 0.4) is 0 Å². The molecule has 2 aromatic heterocycles. The zero-order valence-electron chi connectivity index (χ0n) is 14.5. The highest BCUT2D eigenvalue weighted by molar-refractivity contribution is 6.36. The van der Waals surface area contributed by atoms with E-state index >= 15 is 0 Å². The Hall–Kier alpha value is -2.65. The van der Waals surface area contributed by atoms with E-state index < -0.39 is 24.2 Å². The van der Waals surface area contributed by atoms with Crippen LogP contribution < -0.4 is 10.6 Å². The Balaban J connectivity index is 1.70. The van der Waals surface area contributed by atoms with Crippen molar-refractivity contribution >= 4 is 40.6 Å². The highest BCUT2D eigenvalue weighted by Gasteiger charge is 2.47. The first kappa shape index (κ1) is 19.7. The number of rotatable bonds is 3. The maximum Gasteiger partial charge on any atom is 0.410 e. The maximum absolute atomic E-state index is 13.6. The van der Waals surface area contributed by atoms with Gasteiger partial charge in [0.2, 0.25) is 0 Å². The van der Waals surface area contributed by atoms with Crippen molar-refractivity contribution in [2.45, 2.75) is 24.7 Å². The molecule has 0 saturated heterocycles. The summed E-state index contributed by atoms with van der Waals surface area (Å²) in [5.41, 5.74) is 0.168. The Morgan fingerprint density at radius 3 is 2.79 bits per heavy atom. The summed E-state index contributed by atoms with van der Waals surface area (Å²) in [6.45, 7) is 0. The minimum atomic E-state index is -4.56. The van der Waals surface area contributed by atoms with Gasteiger partial charge in [-0.25, -0.2) is 4.68 Å². The number of hydrogen-bond acceptors (Lipinski definition) is 4. The molecule has 0 saturated carbocycles. The molecule has 0 bridgehead atoms. The third kappa shape index (κ3) is 3.79. The van der Waals surface area contributed by atoms with E-state index in [-0.39, 0.29) is 28.5 Å². The molecule has 11 heteroatoms. The van der Waals surface area contributed by atoms with E-state index in [0.717, 1.165) is 10.9 Å². The summed E-state index contributed by atoms with van der Waals surface area (Å²) in [6.07, 6.45) is -2.43. The quantitative estimate of drug-likeness (QED) is 0.543. The van der Waals surface area contributed by atoms with Crippen molar-refractivity contribution in [2.24, 2.45) is 0 Å². The number of amides is 1. The van der Waals surface area contributed by atoms with E-state index in [0.29, 0.717) is 10.8 Å². The molecule has 1 aliphatic heterocycles. The number of anilines is 2. The molecule has 0 fully saturated rings. The third-order valence-corrected chi connectivity index (χ3v) is 5.11. The second-order valence-corrected chi connectivity index (χ2v) is 7.28. The molecular formula is C18H13Cl2F3N4O2. The van der Waals surface area contributed by atoms with Crippen molar-refractivity contribution in [2.75, 3.05) is 10.6 Å². The van der Waals surface area contributed by atoms with Crippen molar-refractivity contribution in [3.63, 3.8) is 0 Å². The Morgan fingerprint density at radius 2 is 2.10 bits per heavy atom. The highest BCUT2D eigenvalue weighted by atomic mass is 35.5. The number of aromatic nitrogens is 2. The molecule has 0 radical (unpaired) electrons. The van der Waals surface area contributed by atoms with Gasteiger partial charge in [0.15, 0.2) is 6.04 Å². The van der Waals surface area contributed by atoms with Crippen molar-refractivity contribution in [3.05, 3.63) is 64.2 Å². The second kappa shape index (κ2) is 7.31. The summed E-state index contributed by atoms with van der Waals surface area (Å²) >= 11 is 12.0. The summed E-state index contributed by atoms with van der Waals surface area (Å²) in [5.74, 6) is -0.407. The normalized spacial score (nSPS) is 18.8. The topological polar surface area (TPSA) is 72.1 Å². The number of benzene rings is 1. The maximum atomic E-state index is 13.6.